The number of aromatic nitrogens is 2. The van der Waals surface area contributed by atoms with Crippen molar-refractivity contribution in [3.8, 4) is 10.6 Å². The molecule has 6 nitrogen and oxygen atoms in total. The van der Waals surface area contributed by atoms with Crippen LogP contribution in [0.3, 0.4) is 0 Å². The number of nitrogens with one attached hydrogen (secondary N) is 1. The molecule has 3 aromatic rings. The van der Waals surface area contributed by atoms with Crippen LogP contribution in [0, 0.1) is 5.82 Å². The zero-order valence-corrected chi connectivity index (χ0v) is 16.9. The molecule has 1 fully saturated rings. The Labute approximate surface area is 170 Å². The van der Waals surface area contributed by atoms with E-state index < -0.39 is 17.2 Å². The van der Waals surface area contributed by atoms with Gasteiger partial charge in [0.2, 0.25) is 5.43 Å². The highest BCUT2D eigenvalue weighted by molar-refractivity contribution is 7.15. The SMILES string of the molecule is CC1(C)CNCc2cc(-c3nc4c(cc3F)c(=O)c(C(=O)O)cn4C3CC3)sc21. The molecule has 3 aromatic heterocycles. The van der Waals surface area contributed by atoms with Crippen LogP contribution in [0.15, 0.2) is 23.1 Å². The third-order valence-electron chi connectivity index (χ3n) is 5.67. The summed E-state index contributed by atoms with van der Waals surface area (Å²) < 4.78 is 16.8. The number of thiophene rings is 1. The van der Waals surface area contributed by atoms with E-state index in [1.54, 1.807) is 4.57 Å². The van der Waals surface area contributed by atoms with Crippen molar-refractivity contribution in [2.45, 2.75) is 44.7 Å². The van der Waals surface area contributed by atoms with E-state index in [4.69, 9.17) is 0 Å². The van der Waals surface area contributed by atoms with Gasteiger partial charge in [-0.2, -0.15) is 0 Å². The second-order valence-electron chi connectivity index (χ2n) is 8.46. The second kappa shape index (κ2) is 6.21. The number of carboxylic acid groups (broad SMARTS) is 1. The summed E-state index contributed by atoms with van der Waals surface area (Å²) in [6.07, 6.45) is 3.13. The quantitative estimate of drug-likeness (QED) is 0.684. The van der Waals surface area contributed by atoms with Crippen molar-refractivity contribution in [3.63, 3.8) is 0 Å². The highest BCUT2D eigenvalue weighted by atomic mass is 32.1. The van der Waals surface area contributed by atoms with E-state index in [0.29, 0.717) is 5.65 Å². The molecule has 1 saturated carbocycles. The fourth-order valence-electron chi connectivity index (χ4n) is 4.04. The van der Waals surface area contributed by atoms with E-state index in [0.717, 1.165) is 42.4 Å². The van der Waals surface area contributed by atoms with Crippen LogP contribution in [0.1, 0.15) is 53.5 Å². The van der Waals surface area contributed by atoms with Gasteiger partial charge in [0.05, 0.1) is 10.3 Å². The number of rotatable bonds is 3. The fourth-order valence-corrected chi connectivity index (χ4v) is 5.31. The zero-order valence-electron chi connectivity index (χ0n) is 16.1. The van der Waals surface area contributed by atoms with Gasteiger partial charge in [-0.15, -0.1) is 11.3 Å². The van der Waals surface area contributed by atoms with Crippen LogP contribution >= 0.6 is 11.3 Å². The van der Waals surface area contributed by atoms with Gasteiger partial charge in [0.25, 0.3) is 0 Å². The topological polar surface area (TPSA) is 84.2 Å². The summed E-state index contributed by atoms with van der Waals surface area (Å²) in [5.41, 5.74) is 0.613. The summed E-state index contributed by atoms with van der Waals surface area (Å²) in [5.74, 6) is -1.92. The van der Waals surface area contributed by atoms with E-state index in [1.165, 1.54) is 22.4 Å². The third kappa shape index (κ3) is 2.89. The van der Waals surface area contributed by atoms with Gasteiger partial charge >= 0.3 is 5.97 Å². The van der Waals surface area contributed by atoms with Crippen LogP contribution in [-0.4, -0.2) is 27.2 Å². The molecule has 0 radical (unpaired) electrons. The molecule has 150 valence electrons. The van der Waals surface area contributed by atoms with Gasteiger partial charge < -0.3 is 15.0 Å². The van der Waals surface area contributed by atoms with Gasteiger partial charge in [-0.1, -0.05) is 13.8 Å². The van der Waals surface area contributed by atoms with Crippen molar-refractivity contribution in [2.24, 2.45) is 0 Å². The van der Waals surface area contributed by atoms with Crippen LogP contribution in [0.25, 0.3) is 21.6 Å². The minimum atomic E-state index is -1.31. The highest BCUT2D eigenvalue weighted by Gasteiger charge is 2.32. The number of pyridine rings is 2. The number of carboxylic acids is 1. The largest absolute Gasteiger partial charge is 0.477 e. The molecular weight excluding hydrogens is 393 g/mol. The zero-order chi connectivity index (χ0) is 20.5. The van der Waals surface area contributed by atoms with Gasteiger partial charge in [-0.05, 0) is 30.5 Å². The first-order chi connectivity index (χ1) is 13.8. The van der Waals surface area contributed by atoms with Crippen LogP contribution in [0.4, 0.5) is 4.39 Å². The van der Waals surface area contributed by atoms with E-state index in [2.05, 4.69) is 24.1 Å². The second-order valence-corrected chi connectivity index (χ2v) is 9.51. The molecule has 0 aromatic carbocycles. The van der Waals surface area contributed by atoms with Crippen LogP contribution in [0.5, 0.6) is 0 Å². The smallest absolute Gasteiger partial charge is 0.341 e. The maximum absolute atomic E-state index is 15.1. The monoisotopic (exact) mass is 413 g/mol. The number of halogens is 1. The number of carbonyl (C=O) groups is 1. The first-order valence-electron chi connectivity index (χ1n) is 9.59. The molecule has 2 aliphatic rings. The van der Waals surface area contributed by atoms with Gasteiger partial charge in [0.1, 0.15) is 16.9 Å². The lowest BCUT2D eigenvalue weighted by atomic mass is 9.86. The molecule has 0 unspecified atom stereocenters. The molecule has 0 saturated heterocycles. The lowest BCUT2D eigenvalue weighted by Gasteiger charge is -2.30. The Bertz CT molecular complexity index is 1240. The Hall–Kier alpha value is -2.58. The number of fused-ring (bicyclic) bond motifs is 2. The molecule has 5 rings (SSSR count). The number of aromatic carboxylic acids is 1. The van der Waals surface area contributed by atoms with Crippen LogP contribution in [0.2, 0.25) is 0 Å². The van der Waals surface area contributed by atoms with Crippen molar-refractivity contribution >= 4 is 28.3 Å². The predicted octanol–water partition coefficient (Wildman–Crippen LogP) is 3.68. The van der Waals surface area contributed by atoms with Crippen molar-refractivity contribution in [2.75, 3.05) is 6.54 Å². The van der Waals surface area contributed by atoms with Crippen LogP contribution in [-0.2, 0) is 12.0 Å². The van der Waals surface area contributed by atoms with E-state index >= 15 is 4.39 Å². The van der Waals surface area contributed by atoms with Gasteiger partial charge in [0.15, 0.2) is 5.82 Å². The maximum atomic E-state index is 15.1. The standard InChI is InChI=1S/C21H20FN3O3S/c1-21(2)9-23-7-10-5-15(29-18(10)21)16-14(22)6-12-17(26)13(20(27)28)8-25(11-3-4-11)19(12)24-16/h5-6,8,11,23H,3-4,7,9H2,1-2H3,(H,27,28). The summed E-state index contributed by atoms with van der Waals surface area (Å²) in [4.78, 5) is 30.6. The molecule has 8 heteroatoms. The Morgan fingerprint density at radius 1 is 1.38 bits per heavy atom. The van der Waals surface area contributed by atoms with Crippen molar-refractivity contribution in [3.05, 3.63) is 50.4 Å². The summed E-state index contributed by atoms with van der Waals surface area (Å²) in [5, 5.41) is 12.8. The van der Waals surface area contributed by atoms with Gasteiger partial charge in [0, 0.05) is 35.6 Å². The van der Waals surface area contributed by atoms with Crippen molar-refractivity contribution in [1.82, 2.24) is 14.9 Å². The number of hydrogen-bond donors (Lipinski definition) is 2. The van der Waals surface area contributed by atoms with Gasteiger partial charge in [-0.3, -0.25) is 4.79 Å². The molecule has 0 amide bonds. The molecule has 4 heterocycles. The summed E-state index contributed by atoms with van der Waals surface area (Å²) in [6, 6.07) is 3.21. The van der Waals surface area contributed by atoms with Crippen molar-refractivity contribution in [1.29, 1.82) is 0 Å². The number of hydrogen-bond acceptors (Lipinski definition) is 5. The van der Waals surface area contributed by atoms with Crippen LogP contribution < -0.4 is 10.7 Å². The Morgan fingerprint density at radius 3 is 2.79 bits per heavy atom. The first kappa shape index (κ1) is 18.4. The molecule has 2 N–H and O–H groups in total. The molecule has 1 aliphatic carbocycles. The lowest BCUT2D eigenvalue weighted by Crippen LogP contribution is -2.37. The summed E-state index contributed by atoms with van der Waals surface area (Å²) >= 11 is 1.54. The molecule has 29 heavy (non-hydrogen) atoms. The minimum Gasteiger partial charge on any atom is -0.477 e. The van der Waals surface area contributed by atoms with Crippen molar-refractivity contribution < 1.29 is 14.3 Å². The van der Waals surface area contributed by atoms with E-state index in [-0.39, 0.29) is 28.1 Å². The maximum Gasteiger partial charge on any atom is 0.341 e. The predicted molar refractivity (Wildman–Crippen MR) is 109 cm³/mol. The number of nitrogens with zero attached hydrogens (tertiary/aromatic N) is 2. The lowest BCUT2D eigenvalue weighted by molar-refractivity contribution is 0.0695. The Kier molecular flexibility index (Phi) is 3.95. The third-order valence-corrected chi connectivity index (χ3v) is 7.22. The summed E-state index contributed by atoms with van der Waals surface area (Å²) in [7, 11) is 0. The fraction of sp³-hybridized carbons (Fsp3) is 0.381. The Morgan fingerprint density at radius 2 is 2.14 bits per heavy atom. The minimum absolute atomic E-state index is 0.0152. The molecule has 0 atom stereocenters. The van der Waals surface area contributed by atoms with E-state index in [9.17, 15) is 14.7 Å². The highest BCUT2D eigenvalue weighted by Crippen LogP contribution is 2.42. The molecule has 0 spiro atoms. The normalized spacial score (nSPS) is 18.0. The molecular formula is C21H20FN3O3S. The summed E-state index contributed by atoms with van der Waals surface area (Å²) in [6.45, 7) is 5.90. The van der Waals surface area contributed by atoms with E-state index in [1.807, 2.05) is 6.07 Å². The molecule has 0 bridgehead atoms. The van der Waals surface area contributed by atoms with Gasteiger partial charge in [-0.25, -0.2) is 14.2 Å². The first-order valence-corrected chi connectivity index (χ1v) is 10.4. The molecule has 1 aliphatic heterocycles. The Balaban J connectivity index is 1.75. The average molecular weight is 413 g/mol. The average Bonchev–Trinajstić information content (AvgIpc) is 3.40.